The van der Waals surface area contributed by atoms with Crippen LogP contribution in [0.25, 0.3) is 22.0 Å². The molecule has 0 saturated heterocycles. The molecule has 1 atom stereocenters. The van der Waals surface area contributed by atoms with E-state index in [1.807, 2.05) is 0 Å². The van der Waals surface area contributed by atoms with Gasteiger partial charge in [0, 0.05) is 13.0 Å². The van der Waals surface area contributed by atoms with Crippen LogP contribution >= 0.6 is 0 Å². The van der Waals surface area contributed by atoms with E-state index in [2.05, 4.69) is 103 Å². The van der Waals surface area contributed by atoms with Gasteiger partial charge in [0.2, 0.25) is 5.69 Å². The average Bonchev–Trinajstić information content (AvgIpc) is 2.63. The molecule has 3 rings (SSSR count). The second-order valence-electron chi connectivity index (χ2n) is 9.57. The molecule has 3 aromatic rings. The lowest BCUT2D eigenvalue weighted by molar-refractivity contribution is -0.665. The first kappa shape index (κ1) is 20.6. The van der Waals surface area contributed by atoms with Crippen LogP contribution in [0.3, 0.4) is 0 Å². The molecule has 148 valence electrons. The molecule has 0 aliphatic rings. The van der Waals surface area contributed by atoms with Gasteiger partial charge < -0.3 is 0 Å². The summed E-state index contributed by atoms with van der Waals surface area (Å²) in [4.78, 5) is 0. The molecular formula is C27H36N+. The van der Waals surface area contributed by atoms with Crippen molar-refractivity contribution in [2.24, 2.45) is 7.05 Å². The highest BCUT2D eigenvalue weighted by Crippen LogP contribution is 2.35. The highest BCUT2D eigenvalue weighted by molar-refractivity contribution is 5.94. The minimum Gasteiger partial charge on any atom is -0.198 e. The number of fused-ring (bicyclic) bond motifs is 1. The van der Waals surface area contributed by atoms with Crippen molar-refractivity contribution in [1.29, 1.82) is 0 Å². The van der Waals surface area contributed by atoms with Crippen LogP contribution < -0.4 is 4.57 Å². The van der Waals surface area contributed by atoms with Crippen molar-refractivity contribution in [2.45, 2.75) is 73.1 Å². The number of rotatable bonds is 3. The molecule has 1 heteroatoms. The van der Waals surface area contributed by atoms with Gasteiger partial charge in [-0.3, -0.25) is 0 Å². The SMILES string of the molecule is CCC(C)c1ccc2c(-c3cc(C(C)(C)C)cc(C)c3C)[n+](C)c(C)cc2c1. The Morgan fingerprint density at radius 3 is 2.25 bits per heavy atom. The fourth-order valence-corrected chi connectivity index (χ4v) is 4.00. The van der Waals surface area contributed by atoms with Crippen LogP contribution in [0, 0.1) is 20.8 Å². The topological polar surface area (TPSA) is 3.88 Å². The number of aryl methyl sites for hydroxylation is 2. The molecule has 0 saturated carbocycles. The Kier molecular flexibility index (Phi) is 5.40. The van der Waals surface area contributed by atoms with Gasteiger partial charge in [-0.25, -0.2) is 0 Å². The lowest BCUT2D eigenvalue weighted by atomic mass is 9.82. The fourth-order valence-electron chi connectivity index (χ4n) is 4.00. The zero-order chi connectivity index (χ0) is 20.8. The van der Waals surface area contributed by atoms with Crippen LogP contribution in [0.2, 0.25) is 0 Å². The zero-order valence-electron chi connectivity index (χ0n) is 19.2. The molecule has 0 N–H and O–H groups in total. The number of nitrogens with zero attached hydrogens (tertiary/aromatic N) is 1. The first-order valence-electron chi connectivity index (χ1n) is 10.6. The number of hydrogen-bond donors (Lipinski definition) is 0. The zero-order valence-corrected chi connectivity index (χ0v) is 19.2. The van der Waals surface area contributed by atoms with Crippen LogP contribution in [0.15, 0.2) is 36.4 Å². The molecule has 1 aromatic heterocycles. The van der Waals surface area contributed by atoms with Gasteiger partial charge in [0.1, 0.15) is 7.05 Å². The summed E-state index contributed by atoms with van der Waals surface area (Å²) >= 11 is 0. The van der Waals surface area contributed by atoms with E-state index in [0.29, 0.717) is 5.92 Å². The predicted molar refractivity (Wildman–Crippen MR) is 122 cm³/mol. The third-order valence-electron chi connectivity index (χ3n) is 6.53. The van der Waals surface area contributed by atoms with Gasteiger partial charge in [0.15, 0.2) is 5.69 Å². The van der Waals surface area contributed by atoms with Crippen molar-refractivity contribution in [3.8, 4) is 11.3 Å². The summed E-state index contributed by atoms with van der Waals surface area (Å²) in [5.74, 6) is 0.593. The number of pyridine rings is 1. The Morgan fingerprint density at radius 2 is 1.64 bits per heavy atom. The van der Waals surface area contributed by atoms with Crippen molar-refractivity contribution >= 4 is 10.8 Å². The Morgan fingerprint density at radius 1 is 0.964 bits per heavy atom. The van der Waals surface area contributed by atoms with Crippen molar-refractivity contribution in [1.82, 2.24) is 0 Å². The molecule has 0 bridgehead atoms. The van der Waals surface area contributed by atoms with Crippen molar-refractivity contribution < 1.29 is 4.57 Å². The van der Waals surface area contributed by atoms with E-state index in [0.717, 1.165) is 0 Å². The maximum absolute atomic E-state index is 2.42. The summed E-state index contributed by atoms with van der Waals surface area (Å²) in [6.45, 7) is 18.2. The molecule has 0 fully saturated rings. The lowest BCUT2D eigenvalue weighted by Gasteiger charge is -2.22. The number of hydrogen-bond acceptors (Lipinski definition) is 0. The van der Waals surface area contributed by atoms with Crippen LogP contribution in [-0.2, 0) is 12.5 Å². The van der Waals surface area contributed by atoms with Crippen molar-refractivity contribution in [3.05, 3.63) is 64.3 Å². The first-order valence-corrected chi connectivity index (χ1v) is 10.6. The highest BCUT2D eigenvalue weighted by Gasteiger charge is 2.24. The second-order valence-corrected chi connectivity index (χ2v) is 9.57. The van der Waals surface area contributed by atoms with Gasteiger partial charge in [0.25, 0.3) is 0 Å². The van der Waals surface area contributed by atoms with Crippen LogP contribution in [0.4, 0.5) is 0 Å². The lowest BCUT2D eigenvalue weighted by Crippen LogP contribution is -2.35. The van der Waals surface area contributed by atoms with Gasteiger partial charge in [-0.15, -0.1) is 0 Å². The highest BCUT2D eigenvalue weighted by atomic mass is 14.9. The van der Waals surface area contributed by atoms with E-state index in [-0.39, 0.29) is 5.41 Å². The molecular weight excluding hydrogens is 338 g/mol. The largest absolute Gasteiger partial charge is 0.220 e. The standard InChI is InChI=1S/C27H36N/c1-10-17(2)21-11-12-24-22(15-21)14-19(4)28(9)26(24)25-16-23(27(6,7)8)13-18(3)20(25)5/h11-17H,10H2,1-9H3/q+1. The molecule has 0 spiro atoms. The van der Waals surface area contributed by atoms with Gasteiger partial charge in [-0.2, -0.15) is 4.57 Å². The van der Waals surface area contributed by atoms with Crippen LogP contribution in [0.5, 0.6) is 0 Å². The second kappa shape index (κ2) is 7.35. The summed E-state index contributed by atoms with van der Waals surface area (Å²) in [6.07, 6.45) is 1.17. The van der Waals surface area contributed by atoms with E-state index in [1.165, 1.54) is 56.4 Å². The van der Waals surface area contributed by atoms with Gasteiger partial charge in [-0.1, -0.05) is 52.8 Å². The van der Waals surface area contributed by atoms with Crippen LogP contribution in [0.1, 0.15) is 74.9 Å². The molecule has 0 aliphatic heterocycles. The van der Waals surface area contributed by atoms with E-state index in [9.17, 15) is 0 Å². The van der Waals surface area contributed by atoms with Crippen molar-refractivity contribution in [2.75, 3.05) is 0 Å². The number of benzene rings is 2. The summed E-state index contributed by atoms with van der Waals surface area (Å²) in [6, 6.07) is 14.2. The minimum absolute atomic E-state index is 0.134. The third-order valence-corrected chi connectivity index (χ3v) is 6.53. The third kappa shape index (κ3) is 3.60. The van der Waals surface area contributed by atoms with Gasteiger partial charge in [-0.05, 0) is 71.4 Å². The molecule has 1 unspecified atom stereocenters. The number of aromatic nitrogens is 1. The molecule has 0 radical (unpaired) electrons. The molecule has 28 heavy (non-hydrogen) atoms. The first-order chi connectivity index (χ1) is 13.0. The average molecular weight is 375 g/mol. The Hall–Kier alpha value is -2.15. The maximum Gasteiger partial charge on any atom is 0.220 e. The molecule has 0 amide bonds. The summed E-state index contributed by atoms with van der Waals surface area (Å²) in [5, 5.41) is 2.69. The summed E-state index contributed by atoms with van der Waals surface area (Å²) in [5.41, 5.74) is 9.70. The normalized spacial score (nSPS) is 13.2. The Bertz CT molecular complexity index is 1030. The molecule has 1 nitrogen and oxygen atoms in total. The molecule has 1 heterocycles. The fraction of sp³-hybridized carbons (Fsp3) is 0.444. The van der Waals surface area contributed by atoms with Crippen LogP contribution in [-0.4, -0.2) is 0 Å². The monoisotopic (exact) mass is 374 g/mol. The van der Waals surface area contributed by atoms with Gasteiger partial charge in [0.05, 0.1) is 10.9 Å². The quantitative estimate of drug-likeness (QED) is 0.432. The van der Waals surface area contributed by atoms with Gasteiger partial charge >= 0.3 is 0 Å². The van der Waals surface area contributed by atoms with E-state index >= 15 is 0 Å². The van der Waals surface area contributed by atoms with E-state index in [1.54, 1.807) is 0 Å². The summed E-state index contributed by atoms with van der Waals surface area (Å²) in [7, 11) is 2.20. The Labute approximate surface area is 171 Å². The smallest absolute Gasteiger partial charge is 0.198 e. The molecule has 0 aliphatic carbocycles. The summed E-state index contributed by atoms with van der Waals surface area (Å²) < 4.78 is 2.36. The molecule has 2 aromatic carbocycles. The van der Waals surface area contributed by atoms with E-state index < -0.39 is 0 Å². The Balaban J connectivity index is 2.37. The van der Waals surface area contributed by atoms with Crippen molar-refractivity contribution in [3.63, 3.8) is 0 Å². The minimum atomic E-state index is 0.134. The maximum atomic E-state index is 2.42. The predicted octanol–water partition coefficient (Wildman–Crippen LogP) is 7.07. The van der Waals surface area contributed by atoms with E-state index in [4.69, 9.17) is 0 Å².